The Hall–Kier alpha value is -1.35. The van der Waals surface area contributed by atoms with Gasteiger partial charge in [0.2, 0.25) is 6.41 Å². The van der Waals surface area contributed by atoms with Crippen molar-refractivity contribution in [1.82, 2.24) is 9.80 Å². The minimum atomic E-state index is 0.607. The van der Waals surface area contributed by atoms with Crippen LogP contribution in [0, 0.1) is 0 Å². The summed E-state index contributed by atoms with van der Waals surface area (Å²) >= 11 is 0. The van der Waals surface area contributed by atoms with E-state index in [-0.39, 0.29) is 0 Å². The van der Waals surface area contributed by atoms with E-state index < -0.39 is 0 Å². The molecule has 0 radical (unpaired) electrons. The highest BCUT2D eigenvalue weighted by Crippen LogP contribution is 2.19. The van der Waals surface area contributed by atoms with Crippen molar-refractivity contribution < 1.29 is 4.79 Å². The first-order valence-corrected chi connectivity index (χ1v) is 6.76. The molecule has 0 spiro atoms. The third kappa shape index (κ3) is 3.57. The van der Waals surface area contributed by atoms with Crippen LogP contribution >= 0.6 is 0 Å². The Morgan fingerprint density at radius 2 is 1.83 bits per heavy atom. The second kappa shape index (κ2) is 6.55. The molecule has 0 aromatic heterocycles. The second-order valence-electron chi connectivity index (χ2n) is 5.08. The van der Waals surface area contributed by atoms with Crippen LogP contribution in [0.2, 0.25) is 0 Å². The summed E-state index contributed by atoms with van der Waals surface area (Å²) in [7, 11) is 0. The van der Waals surface area contributed by atoms with Crippen molar-refractivity contribution in [3.05, 3.63) is 35.9 Å². The number of rotatable bonds is 5. The average Bonchev–Trinajstić information content (AvgIpc) is 2.46. The molecule has 1 atom stereocenters. The lowest BCUT2D eigenvalue weighted by atomic mass is 9.97. The van der Waals surface area contributed by atoms with E-state index >= 15 is 0 Å². The predicted molar refractivity (Wildman–Crippen MR) is 73.6 cm³/mol. The van der Waals surface area contributed by atoms with Gasteiger partial charge < -0.3 is 4.90 Å². The number of hydrogen-bond acceptors (Lipinski definition) is 2. The Morgan fingerprint density at radius 1 is 1.17 bits per heavy atom. The van der Waals surface area contributed by atoms with Crippen molar-refractivity contribution in [2.75, 3.05) is 32.7 Å². The molecule has 0 aliphatic carbocycles. The number of carbonyl (C=O) groups is 1. The van der Waals surface area contributed by atoms with Crippen molar-refractivity contribution in [1.29, 1.82) is 0 Å². The van der Waals surface area contributed by atoms with E-state index in [4.69, 9.17) is 0 Å². The minimum Gasteiger partial charge on any atom is -0.343 e. The number of carbonyl (C=O) groups excluding carboxylic acids is 1. The molecule has 3 heteroatoms. The maximum Gasteiger partial charge on any atom is 0.209 e. The molecule has 1 unspecified atom stereocenters. The molecule has 1 aromatic carbocycles. The minimum absolute atomic E-state index is 0.607. The topological polar surface area (TPSA) is 23.6 Å². The van der Waals surface area contributed by atoms with Gasteiger partial charge in [-0.1, -0.05) is 37.3 Å². The molecule has 1 amide bonds. The third-order valence-electron chi connectivity index (χ3n) is 3.80. The van der Waals surface area contributed by atoms with E-state index in [0.29, 0.717) is 5.92 Å². The van der Waals surface area contributed by atoms with Crippen LogP contribution in [0.15, 0.2) is 30.3 Å². The van der Waals surface area contributed by atoms with Crippen molar-refractivity contribution in [2.45, 2.75) is 19.3 Å². The number of hydrogen-bond donors (Lipinski definition) is 0. The van der Waals surface area contributed by atoms with E-state index in [9.17, 15) is 4.79 Å². The van der Waals surface area contributed by atoms with Gasteiger partial charge in [-0.15, -0.1) is 0 Å². The van der Waals surface area contributed by atoms with Crippen LogP contribution in [0.3, 0.4) is 0 Å². The van der Waals surface area contributed by atoms with Crippen LogP contribution in [0.5, 0.6) is 0 Å². The summed E-state index contributed by atoms with van der Waals surface area (Å²) in [6.45, 7) is 7.20. The summed E-state index contributed by atoms with van der Waals surface area (Å²) < 4.78 is 0. The second-order valence-corrected chi connectivity index (χ2v) is 5.08. The van der Waals surface area contributed by atoms with Gasteiger partial charge in [0.25, 0.3) is 0 Å². The fourth-order valence-electron chi connectivity index (χ4n) is 2.42. The van der Waals surface area contributed by atoms with Crippen LogP contribution in [-0.2, 0) is 4.79 Å². The van der Waals surface area contributed by atoms with Gasteiger partial charge in [0.05, 0.1) is 0 Å². The average molecular weight is 246 g/mol. The van der Waals surface area contributed by atoms with E-state index in [2.05, 4.69) is 42.2 Å². The smallest absolute Gasteiger partial charge is 0.209 e. The van der Waals surface area contributed by atoms with Crippen molar-refractivity contribution in [3.8, 4) is 0 Å². The van der Waals surface area contributed by atoms with Crippen molar-refractivity contribution in [3.63, 3.8) is 0 Å². The molecule has 18 heavy (non-hydrogen) atoms. The van der Waals surface area contributed by atoms with Crippen molar-refractivity contribution >= 4 is 6.41 Å². The van der Waals surface area contributed by atoms with Gasteiger partial charge in [-0.25, -0.2) is 0 Å². The molecule has 1 saturated heterocycles. The normalized spacial score (nSPS) is 18.6. The molecule has 0 N–H and O–H groups in total. The highest BCUT2D eigenvalue weighted by atomic mass is 16.1. The molecular formula is C15H22N2O. The van der Waals surface area contributed by atoms with Crippen LogP contribution in [0.25, 0.3) is 0 Å². The molecule has 0 saturated carbocycles. The summed E-state index contributed by atoms with van der Waals surface area (Å²) in [5, 5.41) is 0. The number of amides is 1. The standard InChI is InChI=1S/C15H22N2O/c1-14(15-5-3-2-4-6-15)7-8-16-9-11-17(13-18)12-10-16/h2-6,13-14H,7-12H2,1H3. The zero-order valence-electron chi connectivity index (χ0n) is 11.1. The lowest BCUT2D eigenvalue weighted by Gasteiger charge is -2.33. The summed E-state index contributed by atoms with van der Waals surface area (Å²) in [4.78, 5) is 14.9. The van der Waals surface area contributed by atoms with E-state index in [1.54, 1.807) is 0 Å². The first-order valence-electron chi connectivity index (χ1n) is 6.76. The Balaban J connectivity index is 1.74. The van der Waals surface area contributed by atoms with Crippen LogP contribution in [-0.4, -0.2) is 48.9 Å². The van der Waals surface area contributed by atoms with Gasteiger partial charge in [-0.2, -0.15) is 0 Å². The van der Waals surface area contributed by atoms with Gasteiger partial charge in [-0.3, -0.25) is 9.69 Å². The van der Waals surface area contributed by atoms with Crippen LogP contribution in [0.1, 0.15) is 24.8 Å². The van der Waals surface area contributed by atoms with Gasteiger partial charge >= 0.3 is 0 Å². The summed E-state index contributed by atoms with van der Waals surface area (Å²) in [5.74, 6) is 0.607. The SMILES string of the molecule is CC(CCN1CCN(C=O)CC1)c1ccccc1. The Kier molecular flexibility index (Phi) is 4.76. The van der Waals surface area contributed by atoms with Crippen LogP contribution < -0.4 is 0 Å². The Bertz CT molecular complexity index is 358. The molecular weight excluding hydrogens is 224 g/mol. The number of benzene rings is 1. The molecule has 1 aliphatic heterocycles. The Morgan fingerprint density at radius 3 is 2.44 bits per heavy atom. The lowest BCUT2D eigenvalue weighted by Crippen LogP contribution is -2.45. The molecule has 0 bridgehead atoms. The van der Waals surface area contributed by atoms with E-state index in [1.807, 2.05) is 4.90 Å². The highest BCUT2D eigenvalue weighted by Gasteiger charge is 2.16. The van der Waals surface area contributed by atoms with Crippen LogP contribution in [0.4, 0.5) is 0 Å². The van der Waals surface area contributed by atoms with Gasteiger partial charge in [0, 0.05) is 26.2 Å². The van der Waals surface area contributed by atoms with E-state index in [0.717, 1.165) is 39.1 Å². The maximum absolute atomic E-state index is 10.6. The molecule has 98 valence electrons. The number of nitrogens with zero attached hydrogens (tertiary/aromatic N) is 2. The molecule has 3 nitrogen and oxygen atoms in total. The quantitative estimate of drug-likeness (QED) is 0.741. The molecule has 1 heterocycles. The molecule has 1 aromatic rings. The van der Waals surface area contributed by atoms with Gasteiger partial charge in [-0.05, 0) is 24.4 Å². The monoisotopic (exact) mass is 246 g/mol. The summed E-state index contributed by atoms with van der Waals surface area (Å²) in [6, 6.07) is 10.7. The van der Waals surface area contributed by atoms with Gasteiger partial charge in [0.15, 0.2) is 0 Å². The maximum atomic E-state index is 10.6. The largest absolute Gasteiger partial charge is 0.343 e. The highest BCUT2D eigenvalue weighted by molar-refractivity contribution is 5.47. The van der Waals surface area contributed by atoms with Gasteiger partial charge in [0.1, 0.15) is 0 Å². The fraction of sp³-hybridized carbons (Fsp3) is 0.533. The summed E-state index contributed by atoms with van der Waals surface area (Å²) in [6.07, 6.45) is 2.15. The Labute approximate surface area is 109 Å². The zero-order valence-corrected chi connectivity index (χ0v) is 11.1. The van der Waals surface area contributed by atoms with Crippen molar-refractivity contribution in [2.24, 2.45) is 0 Å². The fourth-order valence-corrected chi connectivity index (χ4v) is 2.42. The van der Waals surface area contributed by atoms with E-state index in [1.165, 1.54) is 12.0 Å². The first-order chi connectivity index (χ1) is 8.79. The molecule has 2 rings (SSSR count). The zero-order chi connectivity index (χ0) is 12.8. The molecule has 1 fully saturated rings. The predicted octanol–water partition coefficient (Wildman–Crippen LogP) is 1.95. The third-order valence-corrected chi connectivity index (χ3v) is 3.80. The molecule has 1 aliphatic rings. The number of piperazine rings is 1. The summed E-state index contributed by atoms with van der Waals surface area (Å²) in [5.41, 5.74) is 1.42. The first kappa shape index (κ1) is 13.1. The lowest BCUT2D eigenvalue weighted by molar-refractivity contribution is -0.119.